The van der Waals surface area contributed by atoms with E-state index in [0.717, 1.165) is 18.4 Å². The molecule has 0 amide bonds. The Bertz CT molecular complexity index is 456. The van der Waals surface area contributed by atoms with Crippen molar-refractivity contribution in [3.8, 4) is 0 Å². The minimum Gasteiger partial charge on any atom is -0.481 e. The summed E-state index contributed by atoms with van der Waals surface area (Å²) in [5.74, 6) is -1.28. The average molecular weight is 245 g/mol. The molecule has 0 unspecified atom stereocenters. The van der Waals surface area contributed by atoms with Crippen LogP contribution in [0.2, 0.25) is 0 Å². The number of ether oxygens (including phenoxy) is 1. The first-order valence-electron chi connectivity index (χ1n) is 6.42. The highest BCUT2D eigenvalue weighted by Crippen LogP contribution is 2.54. The van der Waals surface area contributed by atoms with E-state index in [1.165, 1.54) is 0 Å². The standard InChI is InChI=1S/C15H17O3/c1-10(11-5-3-2-4-6-11)15-8-7-12(18-15)9-13(15)14(16)17/h2-6,10,12-13H,1,7-9H2,(H,16,17)/t10-,12-,13+,15+/m1/s1. The first kappa shape index (κ1) is 11.7. The van der Waals surface area contributed by atoms with Crippen molar-refractivity contribution in [1.29, 1.82) is 0 Å². The Morgan fingerprint density at radius 3 is 2.78 bits per heavy atom. The Balaban J connectivity index is 1.96. The Morgan fingerprint density at radius 1 is 1.44 bits per heavy atom. The second-order valence-electron chi connectivity index (χ2n) is 5.32. The van der Waals surface area contributed by atoms with Crippen LogP contribution < -0.4 is 0 Å². The van der Waals surface area contributed by atoms with E-state index in [1.54, 1.807) is 0 Å². The molecule has 1 aromatic carbocycles. The van der Waals surface area contributed by atoms with Crippen LogP contribution in [0.15, 0.2) is 30.3 Å². The van der Waals surface area contributed by atoms with Crippen molar-refractivity contribution in [1.82, 2.24) is 0 Å². The minimum absolute atomic E-state index is 0.110. The minimum atomic E-state index is -0.748. The van der Waals surface area contributed by atoms with Gasteiger partial charge < -0.3 is 9.84 Å². The van der Waals surface area contributed by atoms with Crippen molar-refractivity contribution in [2.75, 3.05) is 0 Å². The van der Waals surface area contributed by atoms with Crippen molar-refractivity contribution in [2.45, 2.75) is 36.9 Å². The van der Waals surface area contributed by atoms with E-state index >= 15 is 0 Å². The largest absolute Gasteiger partial charge is 0.481 e. The molecule has 3 heteroatoms. The number of fused-ring (bicyclic) bond motifs is 2. The van der Waals surface area contributed by atoms with Crippen molar-refractivity contribution in [2.24, 2.45) is 5.92 Å². The summed E-state index contributed by atoms with van der Waals surface area (Å²) in [5.41, 5.74) is 0.462. The molecule has 3 nitrogen and oxygen atoms in total. The van der Waals surface area contributed by atoms with Crippen LogP contribution in [0.1, 0.15) is 30.7 Å². The summed E-state index contributed by atoms with van der Waals surface area (Å²) >= 11 is 0. The van der Waals surface area contributed by atoms with E-state index in [-0.39, 0.29) is 12.0 Å². The van der Waals surface area contributed by atoms with Crippen LogP contribution in [-0.4, -0.2) is 22.8 Å². The predicted octanol–water partition coefficient (Wildman–Crippen LogP) is 2.63. The van der Waals surface area contributed by atoms with Crippen LogP contribution in [0.25, 0.3) is 0 Å². The molecule has 1 N–H and O–H groups in total. The van der Waals surface area contributed by atoms with Crippen molar-refractivity contribution in [3.05, 3.63) is 42.8 Å². The third-order valence-electron chi connectivity index (χ3n) is 4.42. The quantitative estimate of drug-likeness (QED) is 0.890. The summed E-state index contributed by atoms with van der Waals surface area (Å²) in [4.78, 5) is 11.4. The van der Waals surface area contributed by atoms with Gasteiger partial charge in [-0.2, -0.15) is 0 Å². The topological polar surface area (TPSA) is 46.5 Å². The third-order valence-corrected chi connectivity index (χ3v) is 4.42. The molecule has 2 heterocycles. The molecule has 2 saturated heterocycles. The molecule has 1 radical (unpaired) electrons. The number of carbonyl (C=O) groups is 1. The summed E-state index contributed by atoms with van der Waals surface area (Å²) in [6.45, 7) is 4.20. The van der Waals surface area contributed by atoms with Crippen LogP contribution in [0, 0.1) is 12.8 Å². The molecule has 2 aliphatic rings. The number of benzene rings is 1. The number of hydrogen-bond acceptors (Lipinski definition) is 2. The lowest BCUT2D eigenvalue weighted by atomic mass is 9.69. The smallest absolute Gasteiger partial charge is 0.309 e. The van der Waals surface area contributed by atoms with Gasteiger partial charge in [0, 0.05) is 5.92 Å². The lowest BCUT2D eigenvalue weighted by Crippen LogP contribution is -2.43. The molecule has 1 aromatic rings. The molecule has 2 fully saturated rings. The molecule has 4 atom stereocenters. The Hall–Kier alpha value is -1.35. The van der Waals surface area contributed by atoms with E-state index < -0.39 is 17.5 Å². The highest BCUT2D eigenvalue weighted by Gasteiger charge is 2.59. The van der Waals surface area contributed by atoms with E-state index in [0.29, 0.717) is 6.42 Å². The SMILES string of the molecule is [CH2][C@H](c1ccccc1)[C@@]12CC[C@H](C[C@H]1C(=O)O)O2. The summed E-state index contributed by atoms with van der Waals surface area (Å²) in [6, 6.07) is 9.87. The molecule has 18 heavy (non-hydrogen) atoms. The lowest BCUT2D eigenvalue weighted by Gasteiger charge is -2.36. The van der Waals surface area contributed by atoms with Crippen molar-refractivity contribution >= 4 is 5.97 Å². The van der Waals surface area contributed by atoms with Crippen LogP contribution in [0.4, 0.5) is 0 Å². The zero-order chi connectivity index (χ0) is 12.8. The fourth-order valence-corrected chi connectivity index (χ4v) is 3.48. The fraction of sp³-hybridized carbons (Fsp3) is 0.467. The number of carboxylic acid groups (broad SMARTS) is 1. The van der Waals surface area contributed by atoms with Crippen LogP contribution >= 0.6 is 0 Å². The van der Waals surface area contributed by atoms with Gasteiger partial charge in [0.2, 0.25) is 0 Å². The first-order chi connectivity index (χ1) is 8.63. The normalized spacial score (nSPS) is 35.6. The van der Waals surface area contributed by atoms with Gasteiger partial charge in [0.15, 0.2) is 0 Å². The molecular formula is C15H17O3. The molecule has 0 aliphatic carbocycles. The maximum absolute atomic E-state index is 11.4. The van der Waals surface area contributed by atoms with Gasteiger partial charge in [-0.05, 0) is 31.7 Å². The highest BCUT2D eigenvalue weighted by molar-refractivity contribution is 5.73. The predicted molar refractivity (Wildman–Crippen MR) is 67.1 cm³/mol. The van der Waals surface area contributed by atoms with Crippen molar-refractivity contribution < 1.29 is 14.6 Å². The Morgan fingerprint density at radius 2 is 2.17 bits per heavy atom. The maximum atomic E-state index is 11.4. The number of hydrogen-bond donors (Lipinski definition) is 1. The highest BCUT2D eigenvalue weighted by atomic mass is 16.5. The molecule has 3 rings (SSSR count). The summed E-state index contributed by atoms with van der Waals surface area (Å²) < 4.78 is 6.01. The van der Waals surface area contributed by atoms with Crippen LogP contribution in [0.3, 0.4) is 0 Å². The van der Waals surface area contributed by atoms with Gasteiger partial charge in [-0.25, -0.2) is 0 Å². The van der Waals surface area contributed by atoms with Gasteiger partial charge in [-0.1, -0.05) is 30.3 Å². The van der Waals surface area contributed by atoms with Gasteiger partial charge in [-0.15, -0.1) is 0 Å². The summed E-state index contributed by atoms with van der Waals surface area (Å²) in [5, 5.41) is 9.39. The second-order valence-corrected chi connectivity index (χ2v) is 5.32. The Kier molecular flexibility index (Phi) is 2.67. The summed E-state index contributed by atoms with van der Waals surface area (Å²) in [6.07, 6.45) is 2.51. The molecule has 0 aromatic heterocycles. The fourth-order valence-electron chi connectivity index (χ4n) is 3.48. The van der Waals surface area contributed by atoms with Gasteiger partial charge in [0.05, 0.1) is 17.6 Å². The molecule has 2 aliphatic heterocycles. The average Bonchev–Trinajstić information content (AvgIpc) is 2.98. The molecule has 2 bridgehead atoms. The number of rotatable bonds is 3. The molecule has 0 saturated carbocycles. The lowest BCUT2D eigenvalue weighted by molar-refractivity contribution is -0.148. The zero-order valence-corrected chi connectivity index (χ0v) is 10.2. The van der Waals surface area contributed by atoms with Gasteiger partial charge in [0.1, 0.15) is 0 Å². The van der Waals surface area contributed by atoms with E-state index in [9.17, 15) is 9.90 Å². The maximum Gasteiger partial charge on any atom is 0.309 e. The first-order valence-corrected chi connectivity index (χ1v) is 6.42. The zero-order valence-electron chi connectivity index (χ0n) is 10.2. The molecular weight excluding hydrogens is 228 g/mol. The Labute approximate surface area is 107 Å². The molecule has 0 spiro atoms. The third kappa shape index (κ3) is 1.57. The van der Waals surface area contributed by atoms with Gasteiger partial charge in [0.25, 0.3) is 0 Å². The monoisotopic (exact) mass is 245 g/mol. The molecule has 95 valence electrons. The van der Waals surface area contributed by atoms with E-state index in [1.807, 2.05) is 30.3 Å². The number of carboxylic acids is 1. The summed E-state index contributed by atoms with van der Waals surface area (Å²) in [7, 11) is 0. The van der Waals surface area contributed by atoms with Crippen LogP contribution in [0.5, 0.6) is 0 Å². The number of aliphatic carboxylic acids is 1. The van der Waals surface area contributed by atoms with E-state index in [2.05, 4.69) is 6.92 Å². The van der Waals surface area contributed by atoms with E-state index in [4.69, 9.17) is 4.74 Å². The van der Waals surface area contributed by atoms with Crippen molar-refractivity contribution in [3.63, 3.8) is 0 Å². The van der Waals surface area contributed by atoms with Crippen LogP contribution in [-0.2, 0) is 9.53 Å². The van der Waals surface area contributed by atoms with Gasteiger partial charge in [-0.3, -0.25) is 4.79 Å². The second kappa shape index (κ2) is 4.09. The van der Waals surface area contributed by atoms with Gasteiger partial charge >= 0.3 is 5.97 Å².